The summed E-state index contributed by atoms with van der Waals surface area (Å²) in [7, 11) is 2.05. The highest BCUT2D eigenvalue weighted by molar-refractivity contribution is 5.29. The summed E-state index contributed by atoms with van der Waals surface area (Å²) in [6.07, 6.45) is 0. The third-order valence-corrected chi connectivity index (χ3v) is 2.63. The first-order chi connectivity index (χ1) is 8.63. The molecular formula is C14H18N4. The van der Waals surface area contributed by atoms with E-state index < -0.39 is 0 Å². The van der Waals surface area contributed by atoms with Crippen LogP contribution in [0.3, 0.4) is 0 Å². The first kappa shape index (κ1) is 12.5. The second kappa shape index (κ2) is 5.60. The molecule has 0 aliphatic carbocycles. The van der Waals surface area contributed by atoms with Crippen LogP contribution in [0.25, 0.3) is 0 Å². The summed E-state index contributed by atoms with van der Waals surface area (Å²) in [5, 5.41) is 0. The van der Waals surface area contributed by atoms with Gasteiger partial charge in [-0.1, -0.05) is 30.3 Å². The maximum absolute atomic E-state index is 5.72. The quantitative estimate of drug-likeness (QED) is 0.891. The normalized spacial score (nSPS) is 10.8. The Morgan fingerprint density at radius 1 is 1.11 bits per heavy atom. The van der Waals surface area contributed by atoms with Crippen LogP contribution < -0.4 is 5.73 Å². The third-order valence-electron chi connectivity index (χ3n) is 2.63. The lowest BCUT2D eigenvalue weighted by Gasteiger charge is -2.16. The molecule has 0 atom stereocenters. The molecule has 4 nitrogen and oxygen atoms in total. The van der Waals surface area contributed by atoms with Gasteiger partial charge in [0.25, 0.3) is 0 Å². The highest BCUT2D eigenvalue weighted by Crippen LogP contribution is 2.07. The van der Waals surface area contributed by atoms with Crippen LogP contribution in [0.2, 0.25) is 0 Å². The molecule has 2 rings (SSSR count). The molecule has 4 heteroatoms. The van der Waals surface area contributed by atoms with E-state index in [-0.39, 0.29) is 0 Å². The van der Waals surface area contributed by atoms with Crippen molar-refractivity contribution in [1.82, 2.24) is 14.9 Å². The molecule has 0 aliphatic heterocycles. The van der Waals surface area contributed by atoms with Gasteiger partial charge in [-0.05, 0) is 19.5 Å². The minimum atomic E-state index is 0.533. The van der Waals surface area contributed by atoms with Crippen molar-refractivity contribution < 1.29 is 0 Å². The van der Waals surface area contributed by atoms with Crippen molar-refractivity contribution in [2.45, 2.75) is 20.0 Å². The van der Waals surface area contributed by atoms with Gasteiger partial charge in [0.2, 0.25) is 0 Å². The zero-order valence-electron chi connectivity index (χ0n) is 10.8. The van der Waals surface area contributed by atoms with Crippen LogP contribution in [0.1, 0.15) is 17.1 Å². The molecular weight excluding hydrogens is 224 g/mol. The summed E-state index contributed by atoms with van der Waals surface area (Å²) in [6, 6.07) is 12.1. The zero-order chi connectivity index (χ0) is 13.0. The van der Waals surface area contributed by atoms with Gasteiger partial charge in [0.15, 0.2) is 0 Å². The van der Waals surface area contributed by atoms with Crippen LogP contribution in [-0.2, 0) is 13.1 Å². The summed E-state index contributed by atoms with van der Waals surface area (Å²) in [5.74, 6) is 1.30. The number of nitrogen functional groups attached to an aromatic ring is 1. The van der Waals surface area contributed by atoms with Crippen molar-refractivity contribution in [3.63, 3.8) is 0 Å². The van der Waals surface area contributed by atoms with Gasteiger partial charge in [-0.2, -0.15) is 0 Å². The summed E-state index contributed by atoms with van der Waals surface area (Å²) in [6.45, 7) is 3.50. The van der Waals surface area contributed by atoms with E-state index in [1.165, 1.54) is 5.56 Å². The lowest BCUT2D eigenvalue weighted by Crippen LogP contribution is -2.19. The van der Waals surface area contributed by atoms with Gasteiger partial charge in [-0.25, -0.2) is 9.97 Å². The Hall–Kier alpha value is -1.94. The molecule has 0 saturated heterocycles. The molecule has 0 unspecified atom stereocenters. The number of aryl methyl sites for hydroxylation is 1. The molecule has 18 heavy (non-hydrogen) atoms. The summed E-state index contributed by atoms with van der Waals surface area (Å²) < 4.78 is 0. The molecule has 0 spiro atoms. The molecule has 94 valence electrons. The average molecular weight is 242 g/mol. The van der Waals surface area contributed by atoms with E-state index in [1.807, 2.05) is 25.1 Å². The van der Waals surface area contributed by atoms with Crippen molar-refractivity contribution in [3.05, 3.63) is 53.5 Å². The minimum Gasteiger partial charge on any atom is -0.384 e. The fourth-order valence-electron chi connectivity index (χ4n) is 1.92. The van der Waals surface area contributed by atoms with Crippen molar-refractivity contribution in [3.8, 4) is 0 Å². The van der Waals surface area contributed by atoms with Crippen LogP contribution >= 0.6 is 0 Å². The number of anilines is 1. The molecule has 1 aromatic heterocycles. The number of nitrogens with two attached hydrogens (primary N) is 1. The molecule has 2 aromatic rings. The maximum Gasteiger partial charge on any atom is 0.144 e. The Labute approximate surface area is 107 Å². The lowest BCUT2D eigenvalue weighted by molar-refractivity contribution is 0.310. The number of aromatic nitrogens is 2. The largest absolute Gasteiger partial charge is 0.384 e. The topological polar surface area (TPSA) is 55.0 Å². The van der Waals surface area contributed by atoms with Crippen molar-refractivity contribution in [2.24, 2.45) is 0 Å². The molecule has 1 heterocycles. The molecule has 0 saturated carbocycles. The molecule has 0 amide bonds. The molecule has 1 aromatic carbocycles. The summed E-state index contributed by atoms with van der Waals surface area (Å²) >= 11 is 0. The van der Waals surface area contributed by atoms with Crippen LogP contribution in [0.4, 0.5) is 5.82 Å². The Morgan fingerprint density at radius 2 is 1.83 bits per heavy atom. The van der Waals surface area contributed by atoms with Gasteiger partial charge in [0, 0.05) is 18.3 Å². The third kappa shape index (κ3) is 3.53. The molecule has 0 fully saturated rings. The van der Waals surface area contributed by atoms with Crippen molar-refractivity contribution in [2.75, 3.05) is 12.8 Å². The molecule has 0 bridgehead atoms. The predicted molar refractivity (Wildman–Crippen MR) is 72.8 cm³/mol. The first-order valence-corrected chi connectivity index (χ1v) is 5.96. The van der Waals surface area contributed by atoms with Gasteiger partial charge < -0.3 is 5.73 Å². The average Bonchev–Trinajstić information content (AvgIpc) is 2.28. The van der Waals surface area contributed by atoms with Crippen LogP contribution in [-0.4, -0.2) is 21.9 Å². The fourth-order valence-corrected chi connectivity index (χ4v) is 1.92. The first-order valence-electron chi connectivity index (χ1n) is 5.96. The van der Waals surface area contributed by atoms with Gasteiger partial charge in [-0.3, -0.25) is 4.90 Å². The smallest absolute Gasteiger partial charge is 0.144 e. The van der Waals surface area contributed by atoms with E-state index in [4.69, 9.17) is 5.73 Å². The Morgan fingerprint density at radius 3 is 2.50 bits per heavy atom. The van der Waals surface area contributed by atoms with Crippen LogP contribution in [0.15, 0.2) is 36.4 Å². The lowest BCUT2D eigenvalue weighted by atomic mass is 10.2. The maximum atomic E-state index is 5.72. The van der Waals surface area contributed by atoms with Gasteiger partial charge in [0.1, 0.15) is 11.6 Å². The minimum absolute atomic E-state index is 0.533. The van der Waals surface area contributed by atoms with Crippen LogP contribution in [0, 0.1) is 6.92 Å². The molecule has 0 radical (unpaired) electrons. The van der Waals surface area contributed by atoms with Crippen LogP contribution in [0.5, 0.6) is 0 Å². The van der Waals surface area contributed by atoms with Gasteiger partial charge >= 0.3 is 0 Å². The summed E-state index contributed by atoms with van der Waals surface area (Å²) in [5.41, 5.74) is 7.90. The highest BCUT2D eigenvalue weighted by Gasteiger charge is 2.05. The zero-order valence-corrected chi connectivity index (χ0v) is 10.8. The fraction of sp³-hybridized carbons (Fsp3) is 0.286. The number of rotatable bonds is 4. The van der Waals surface area contributed by atoms with Crippen molar-refractivity contribution >= 4 is 5.82 Å². The second-order valence-corrected chi connectivity index (χ2v) is 4.51. The number of hydrogen-bond acceptors (Lipinski definition) is 4. The summed E-state index contributed by atoms with van der Waals surface area (Å²) in [4.78, 5) is 10.8. The number of hydrogen-bond donors (Lipinski definition) is 1. The van der Waals surface area contributed by atoms with E-state index >= 15 is 0 Å². The standard InChI is InChI=1S/C14H18N4/c1-11-8-13(15)17-14(16-11)10-18(2)9-12-6-4-3-5-7-12/h3-8H,9-10H2,1-2H3,(H2,15,16,17). The van der Waals surface area contributed by atoms with E-state index in [0.717, 1.165) is 18.1 Å². The Bertz CT molecular complexity index is 490. The molecule has 0 aliphatic rings. The van der Waals surface area contributed by atoms with E-state index in [2.05, 4.69) is 34.0 Å². The Balaban J connectivity index is 2.01. The van der Waals surface area contributed by atoms with Gasteiger partial charge in [-0.15, -0.1) is 0 Å². The van der Waals surface area contributed by atoms with Gasteiger partial charge in [0.05, 0.1) is 6.54 Å². The van der Waals surface area contributed by atoms with Crippen molar-refractivity contribution in [1.29, 1.82) is 0 Å². The Kier molecular flexibility index (Phi) is 3.89. The second-order valence-electron chi connectivity index (χ2n) is 4.51. The SMILES string of the molecule is Cc1cc(N)nc(CN(C)Cc2ccccc2)n1. The number of benzene rings is 1. The van der Waals surface area contributed by atoms with E-state index in [0.29, 0.717) is 12.4 Å². The number of nitrogens with zero attached hydrogens (tertiary/aromatic N) is 3. The highest BCUT2D eigenvalue weighted by atomic mass is 15.1. The van der Waals surface area contributed by atoms with E-state index in [9.17, 15) is 0 Å². The predicted octanol–water partition coefficient (Wildman–Crippen LogP) is 2.00. The molecule has 2 N–H and O–H groups in total. The monoisotopic (exact) mass is 242 g/mol. The van der Waals surface area contributed by atoms with E-state index in [1.54, 1.807) is 6.07 Å².